The highest BCUT2D eigenvalue weighted by Gasteiger charge is 2.39. The highest BCUT2D eigenvalue weighted by Crippen LogP contribution is 2.42. The molecular weight excluding hydrogens is 478 g/mol. The molecule has 1 unspecified atom stereocenters. The number of nitrogens with zero attached hydrogens (tertiary/aromatic N) is 2. The molecule has 0 saturated carbocycles. The predicted octanol–water partition coefficient (Wildman–Crippen LogP) is 4.01. The van der Waals surface area contributed by atoms with Gasteiger partial charge < -0.3 is 29.0 Å². The molecule has 2 aliphatic heterocycles. The SMILES string of the molecule is CC(C)OCCCNC(=O)C1c2c(n(C)c3ccccc23)SCC(=O)N1Cc1ccc2c(c1)OCO2. The van der Waals surface area contributed by atoms with Crippen LogP contribution >= 0.6 is 11.8 Å². The number of thioether (sulfide) groups is 1. The lowest BCUT2D eigenvalue weighted by atomic mass is 10.0. The van der Waals surface area contributed by atoms with Crippen molar-refractivity contribution in [2.45, 2.75) is 44.0 Å². The molecule has 0 radical (unpaired) electrons. The molecule has 190 valence electrons. The van der Waals surface area contributed by atoms with E-state index < -0.39 is 6.04 Å². The first-order valence-corrected chi connectivity index (χ1v) is 13.2. The standard InChI is InChI=1S/C27H31N3O5S/c1-17(2)33-12-6-11-28-26(32)25-24-19-7-4-5-8-20(19)29(3)27(24)36-15-23(31)30(25)14-18-9-10-21-22(13-18)35-16-34-21/h4-5,7-10,13,17,25H,6,11-12,14-16H2,1-3H3,(H,28,32). The van der Waals surface area contributed by atoms with Crippen LogP contribution in [0, 0.1) is 0 Å². The molecule has 2 aromatic carbocycles. The summed E-state index contributed by atoms with van der Waals surface area (Å²) in [6.07, 6.45) is 0.844. The van der Waals surface area contributed by atoms with Gasteiger partial charge in [-0.25, -0.2) is 0 Å². The van der Waals surface area contributed by atoms with E-state index in [0.717, 1.165) is 27.1 Å². The fourth-order valence-electron chi connectivity index (χ4n) is 4.74. The van der Waals surface area contributed by atoms with Gasteiger partial charge in [-0.1, -0.05) is 36.0 Å². The van der Waals surface area contributed by atoms with Gasteiger partial charge in [-0.15, -0.1) is 0 Å². The predicted molar refractivity (Wildman–Crippen MR) is 138 cm³/mol. The van der Waals surface area contributed by atoms with Gasteiger partial charge in [0.15, 0.2) is 11.5 Å². The zero-order valence-electron chi connectivity index (χ0n) is 20.8. The Kier molecular flexibility index (Phi) is 7.11. The van der Waals surface area contributed by atoms with Crippen molar-refractivity contribution in [1.82, 2.24) is 14.8 Å². The van der Waals surface area contributed by atoms with Gasteiger partial charge in [-0.05, 0) is 44.0 Å². The summed E-state index contributed by atoms with van der Waals surface area (Å²) >= 11 is 1.49. The first-order chi connectivity index (χ1) is 17.4. The molecule has 8 nitrogen and oxygen atoms in total. The Morgan fingerprint density at radius 3 is 2.83 bits per heavy atom. The summed E-state index contributed by atoms with van der Waals surface area (Å²) in [5.74, 6) is 1.33. The van der Waals surface area contributed by atoms with Gasteiger partial charge in [0.25, 0.3) is 0 Å². The van der Waals surface area contributed by atoms with Crippen molar-refractivity contribution in [3.05, 3.63) is 53.6 Å². The maximum atomic E-state index is 13.8. The molecule has 0 spiro atoms. The van der Waals surface area contributed by atoms with E-state index in [1.165, 1.54) is 11.8 Å². The minimum absolute atomic E-state index is 0.0822. The van der Waals surface area contributed by atoms with Crippen LogP contribution in [0.5, 0.6) is 11.5 Å². The Bertz CT molecular complexity index is 1290. The van der Waals surface area contributed by atoms with Crippen molar-refractivity contribution in [3.63, 3.8) is 0 Å². The zero-order chi connectivity index (χ0) is 25.2. The van der Waals surface area contributed by atoms with Crippen LogP contribution in [0.2, 0.25) is 0 Å². The lowest BCUT2D eigenvalue weighted by Crippen LogP contribution is -2.43. The number of carbonyl (C=O) groups is 2. The second kappa shape index (κ2) is 10.4. The van der Waals surface area contributed by atoms with E-state index >= 15 is 0 Å². The van der Waals surface area contributed by atoms with Crippen molar-refractivity contribution >= 4 is 34.5 Å². The van der Waals surface area contributed by atoms with E-state index in [1.54, 1.807) is 4.90 Å². The number of nitrogens with one attached hydrogen (secondary N) is 1. The van der Waals surface area contributed by atoms with Crippen LogP contribution in [0.4, 0.5) is 0 Å². The number of hydrogen-bond acceptors (Lipinski definition) is 6. The van der Waals surface area contributed by atoms with Crippen LogP contribution in [0.25, 0.3) is 10.9 Å². The van der Waals surface area contributed by atoms with E-state index in [2.05, 4.69) is 9.88 Å². The first kappa shape index (κ1) is 24.5. The highest BCUT2D eigenvalue weighted by molar-refractivity contribution is 8.00. The lowest BCUT2D eigenvalue weighted by Gasteiger charge is -2.30. The fraction of sp³-hybridized carbons (Fsp3) is 0.407. The molecule has 0 saturated heterocycles. The summed E-state index contributed by atoms with van der Waals surface area (Å²) in [4.78, 5) is 29.0. The Labute approximate surface area is 214 Å². The van der Waals surface area contributed by atoms with Crippen LogP contribution in [-0.4, -0.2) is 53.1 Å². The average Bonchev–Trinajstić information content (AvgIpc) is 3.40. The van der Waals surface area contributed by atoms with Gasteiger partial charge in [-0.2, -0.15) is 0 Å². The topological polar surface area (TPSA) is 82.0 Å². The normalized spacial score (nSPS) is 16.9. The summed E-state index contributed by atoms with van der Waals surface area (Å²) < 4.78 is 18.7. The molecule has 1 aromatic heterocycles. The average molecular weight is 510 g/mol. The summed E-state index contributed by atoms with van der Waals surface area (Å²) in [7, 11) is 1.99. The number of carbonyl (C=O) groups excluding carboxylic acids is 2. The molecule has 1 N–H and O–H groups in total. The summed E-state index contributed by atoms with van der Waals surface area (Å²) in [6.45, 7) is 5.49. The number of para-hydroxylation sites is 1. The molecule has 9 heteroatoms. The molecule has 2 amide bonds. The molecule has 2 aliphatic rings. The van der Waals surface area contributed by atoms with Gasteiger partial charge in [0.05, 0.1) is 16.9 Å². The Morgan fingerprint density at radius 2 is 2.00 bits per heavy atom. The number of amides is 2. The molecular formula is C27H31N3O5S. The second-order valence-electron chi connectivity index (χ2n) is 9.26. The van der Waals surface area contributed by atoms with E-state index in [9.17, 15) is 9.59 Å². The third kappa shape index (κ3) is 4.77. The second-order valence-corrected chi connectivity index (χ2v) is 10.2. The number of rotatable bonds is 8. The van der Waals surface area contributed by atoms with Crippen molar-refractivity contribution in [1.29, 1.82) is 0 Å². The van der Waals surface area contributed by atoms with Crippen LogP contribution in [0.15, 0.2) is 47.5 Å². The number of ether oxygens (including phenoxy) is 3. The lowest BCUT2D eigenvalue weighted by molar-refractivity contribution is -0.139. The van der Waals surface area contributed by atoms with E-state index in [1.807, 2.05) is 63.4 Å². The Balaban J connectivity index is 1.50. The molecule has 5 rings (SSSR count). The van der Waals surface area contributed by atoms with Gasteiger partial charge in [0.1, 0.15) is 6.04 Å². The number of hydrogen-bond donors (Lipinski definition) is 1. The molecule has 0 fully saturated rings. The van der Waals surface area contributed by atoms with Gasteiger partial charge in [0, 0.05) is 43.2 Å². The van der Waals surface area contributed by atoms with Crippen LogP contribution in [0.1, 0.15) is 37.4 Å². The van der Waals surface area contributed by atoms with Crippen molar-refractivity contribution < 1.29 is 23.8 Å². The van der Waals surface area contributed by atoms with Crippen LogP contribution in [-0.2, 0) is 27.9 Å². The molecule has 0 aliphatic carbocycles. The monoisotopic (exact) mass is 509 g/mol. The largest absolute Gasteiger partial charge is 0.454 e. The number of benzene rings is 2. The minimum atomic E-state index is -0.759. The van der Waals surface area contributed by atoms with E-state index in [4.69, 9.17) is 14.2 Å². The smallest absolute Gasteiger partial charge is 0.247 e. The van der Waals surface area contributed by atoms with E-state index in [0.29, 0.717) is 31.1 Å². The third-order valence-corrected chi connectivity index (χ3v) is 7.60. The van der Waals surface area contributed by atoms with Crippen molar-refractivity contribution in [2.24, 2.45) is 7.05 Å². The van der Waals surface area contributed by atoms with E-state index in [-0.39, 0.29) is 37.0 Å². The fourth-order valence-corrected chi connectivity index (χ4v) is 5.83. The maximum absolute atomic E-state index is 13.8. The van der Waals surface area contributed by atoms with Crippen LogP contribution in [0.3, 0.4) is 0 Å². The van der Waals surface area contributed by atoms with Gasteiger partial charge in [0.2, 0.25) is 18.6 Å². The van der Waals surface area contributed by atoms with Gasteiger partial charge >= 0.3 is 0 Å². The maximum Gasteiger partial charge on any atom is 0.247 e. The quantitative estimate of drug-likeness (QED) is 0.462. The molecule has 36 heavy (non-hydrogen) atoms. The molecule has 0 bridgehead atoms. The molecule has 3 heterocycles. The number of aromatic nitrogens is 1. The van der Waals surface area contributed by atoms with Crippen molar-refractivity contribution in [3.8, 4) is 11.5 Å². The Morgan fingerprint density at radius 1 is 1.19 bits per heavy atom. The van der Waals surface area contributed by atoms with Crippen molar-refractivity contribution in [2.75, 3.05) is 25.7 Å². The molecule has 1 atom stereocenters. The number of fused-ring (bicyclic) bond motifs is 4. The summed E-state index contributed by atoms with van der Waals surface area (Å²) in [5, 5.41) is 5.00. The highest BCUT2D eigenvalue weighted by atomic mass is 32.2. The first-order valence-electron chi connectivity index (χ1n) is 12.2. The zero-order valence-corrected chi connectivity index (χ0v) is 21.6. The third-order valence-electron chi connectivity index (χ3n) is 6.44. The number of aryl methyl sites for hydroxylation is 1. The summed E-state index contributed by atoms with van der Waals surface area (Å²) in [6, 6.07) is 12.9. The Hall–Kier alpha value is -3.17. The summed E-state index contributed by atoms with van der Waals surface area (Å²) in [5.41, 5.74) is 2.79. The van der Waals surface area contributed by atoms with Crippen LogP contribution < -0.4 is 14.8 Å². The van der Waals surface area contributed by atoms with Gasteiger partial charge in [-0.3, -0.25) is 9.59 Å². The molecule has 3 aromatic rings. The minimum Gasteiger partial charge on any atom is -0.454 e.